The lowest BCUT2D eigenvalue weighted by Gasteiger charge is -2.08. The summed E-state index contributed by atoms with van der Waals surface area (Å²) in [4.78, 5) is 4.28. The van der Waals surface area contributed by atoms with Crippen molar-refractivity contribution < 1.29 is 0 Å². The molecule has 0 aliphatic carbocycles. The summed E-state index contributed by atoms with van der Waals surface area (Å²) in [7, 11) is 0. The molecule has 3 aromatic rings. The highest BCUT2D eigenvalue weighted by molar-refractivity contribution is 6.32. The number of fused-ring (bicyclic) bond motifs is 1. The van der Waals surface area contributed by atoms with Crippen molar-refractivity contribution in [3.8, 4) is 6.07 Å². The maximum atomic E-state index is 8.86. The number of benzene rings is 2. The summed E-state index contributed by atoms with van der Waals surface area (Å²) in [6, 6.07) is 17.2. The third-order valence-electron chi connectivity index (χ3n) is 2.98. The van der Waals surface area contributed by atoms with Crippen molar-refractivity contribution in [2.75, 3.05) is 5.32 Å². The molecule has 0 spiro atoms. The van der Waals surface area contributed by atoms with E-state index >= 15 is 0 Å². The highest BCUT2D eigenvalue weighted by Gasteiger charge is 2.02. The molecule has 3 nitrogen and oxygen atoms in total. The van der Waals surface area contributed by atoms with Gasteiger partial charge in [-0.15, -0.1) is 0 Å². The minimum absolute atomic E-state index is 0.444. The van der Waals surface area contributed by atoms with Crippen LogP contribution < -0.4 is 5.32 Å². The van der Waals surface area contributed by atoms with Gasteiger partial charge in [-0.2, -0.15) is 5.26 Å². The number of nitrogens with zero attached hydrogens (tertiary/aromatic N) is 2. The van der Waals surface area contributed by atoms with Crippen LogP contribution in [0.25, 0.3) is 10.9 Å². The van der Waals surface area contributed by atoms with Crippen LogP contribution in [-0.4, -0.2) is 4.98 Å². The fraction of sp³-hybridized carbons (Fsp3) is 0. The van der Waals surface area contributed by atoms with E-state index in [0.717, 1.165) is 22.3 Å². The third kappa shape index (κ3) is 2.42. The number of nitrogens with one attached hydrogen (secondary N) is 1. The van der Waals surface area contributed by atoms with Crippen molar-refractivity contribution in [2.24, 2.45) is 0 Å². The zero-order valence-electron chi connectivity index (χ0n) is 10.5. The molecule has 1 N–H and O–H groups in total. The van der Waals surface area contributed by atoms with Crippen molar-refractivity contribution in [3.63, 3.8) is 0 Å². The minimum Gasteiger partial charge on any atom is -0.355 e. The molecule has 0 saturated heterocycles. The van der Waals surface area contributed by atoms with Gasteiger partial charge in [0.05, 0.1) is 16.1 Å². The van der Waals surface area contributed by atoms with Gasteiger partial charge in [0.25, 0.3) is 0 Å². The molecule has 0 saturated carbocycles. The summed E-state index contributed by atoms with van der Waals surface area (Å²) < 4.78 is 0. The summed E-state index contributed by atoms with van der Waals surface area (Å²) in [5, 5.41) is 13.6. The Hall–Kier alpha value is -2.57. The highest BCUT2D eigenvalue weighted by atomic mass is 35.5. The van der Waals surface area contributed by atoms with Crippen LogP contribution in [0.15, 0.2) is 54.7 Å². The first-order valence-corrected chi connectivity index (χ1v) is 6.45. The molecule has 2 aromatic carbocycles. The SMILES string of the molecule is N#Cc1ccc(Nc2ccc3ncccc3c2)cc1Cl. The van der Waals surface area contributed by atoms with Crippen LogP contribution in [-0.2, 0) is 0 Å². The Morgan fingerprint density at radius 1 is 1.05 bits per heavy atom. The van der Waals surface area contributed by atoms with Gasteiger partial charge in [0.2, 0.25) is 0 Å². The van der Waals surface area contributed by atoms with Gasteiger partial charge >= 0.3 is 0 Å². The second kappa shape index (κ2) is 5.20. The van der Waals surface area contributed by atoms with Gasteiger partial charge in [0, 0.05) is 23.0 Å². The van der Waals surface area contributed by atoms with Gasteiger partial charge < -0.3 is 5.32 Å². The lowest BCUT2D eigenvalue weighted by atomic mass is 10.2. The first-order valence-electron chi connectivity index (χ1n) is 6.08. The Morgan fingerprint density at radius 3 is 2.65 bits per heavy atom. The molecular formula is C16H10ClN3. The summed E-state index contributed by atoms with van der Waals surface area (Å²) >= 11 is 6.02. The van der Waals surface area contributed by atoms with Crippen LogP contribution in [0.4, 0.5) is 11.4 Å². The Morgan fingerprint density at radius 2 is 1.85 bits per heavy atom. The Balaban J connectivity index is 1.93. The molecule has 0 aliphatic heterocycles. The predicted molar refractivity (Wildman–Crippen MR) is 81.2 cm³/mol. The number of anilines is 2. The molecule has 1 aromatic heterocycles. The second-order valence-electron chi connectivity index (χ2n) is 4.34. The van der Waals surface area contributed by atoms with Crippen LogP contribution in [0, 0.1) is 11.3 Å². The fourth-order valence-corrected chi connectivity index (χ4v) is 2.23. The van der Waals surface area contributed by atoms with Crippen LogP contribution in [0.5, 0.6) is 0 Å². The smallest absolute Gasteiger partial charge is 0.101 e. The molecule has 0 unspecified atom stereocenters. The molecule has 20 heavy (non-hydrogen) atoms. The Labute approximate surface area is 121 Å². The van der Waals surface area contributed by atoms with E-state index in [9.17, 15) is 0 Å². The summed E-state index contributed by atoms with van der Waals surface area (Å²) in [6.45, 7) is 0. The Kier molecular flexibility index (Phi) is 3.24. The van der Waals surface area contributed by atoms with E-state index in [1.807, 2.05) is 42.5 Å². The Bertz CT molecular complexity index is 821. The van der Waals surface area contributed by atoms with Crippen LogP contribution in [0.2, 0.25) is 5.02 Å². The molecule has 3 rings (SSSR count). The average molecular weight is 280 g/mol. The molecule has 4 heteroatoms. The molecule has 0 fully saturated rings. The van der Waals surface area contributed by atoms with Crippen LogP contribution in [0.1, 0.15) is 5.56 Å². The van der Waals surface area contributed by atoms with Crippen molar-refractivity contribution in [1.29, 1.82) is 5.26 Å². The average Bonchev–Trinajstić information content (AvgIpc) is 2.47. The number of halogens is 1. The van der Waals surface area contributed by atoms with Gasteiger partial charge in [-0.3, -0.25) is 4.98 Å². The number of hydrogen-bond acceptors (Lipinski definition) is 3. The van der Waals surface area contributed by atoms with Gasteiger partial charge in [0.1, 0.15) is 6.07 Å². The van der Waals surface area contributed by atoms with Crippen molar-refractivity contribution in [2.45, 2.75) is 0 Å². The van der Waals surface area contributed by atoms with E-state index in [4.69, 9.17) is 16.9 Å². The van der Waals surface area contributed by atoms with E-state index in [2.05, 4.69) is 10.3 Å². The monoisotopic (exact) mass is 279 g/mol. The van der Waals surface area contributed by atoms with Gasteiger partial charge in [0.15, 0.2) is 0 Å². The summed E-state index contributed by atoms with van der Waals surface area (Å²) in [6.07, 6.45) is 1.77. The molecule has 0 atom stereocenters. The maximum Gasteiger partial charge on any atom is 0.101 e. The third-order valence-corrected chi connectivity index (χ3v) is 3.29. The first-order chi connectivity index (χ1) is 9.76. The van der Waals surface area contributed by atoms with Crippen molar-refractivity contribution in [1.82, 2.24) is 4.98 Å². The topological polar surface area (TPSA) is 48.7 Å². The largest absolute Gasteiger partial charge is 0.355 e. The molecular weight excluding hydrogens is 270 g/mol. The number of rotatable bonds is 2. The molecule has 0 radical (unpaired) electrons. The molecule has 1 heterocycles. The van der Waals surface area contributed by atoms with E-state index in [1.165, 1.54) is 0 Å². The maximum absolute atomic E-state index is 8.86. The van der Waals surface area contributed by atoms with Gasteiger partial charge in [-0.05, 0) is 42.5 Å². The number of aromatic nitrogens is 1. The van der Waals surface area contributed by atoms with Crippen molar-refractivity contribution >= 4 is 33.9 Å². The molecule has 0 aliphatic rings. The molecule has 0 amide bonds. The number of nitriles is 1. The standard InChI is InChI=1S/C16H10ClN3/c17-15-9-14(4-3-12(15)10-18)20-13-5-6-16-11(8-13)2-1-7-19-16/h1-9,20H. The zero-order valence-corrected chi connectivity index (χ0v) is 11.2. The summed E-state index contributed by atoms with van der Waals surface area (Å²) in [5.74, 6) is 0. The second-order valence-corrected chi connectivity index (χ2v) is 4.75. The van der Waals surface area contributed by atoms with E-state index in [1.54, 1.807) is 18.3 Å². The molecule has 96 valence electrons. The first kappa shape index (κ1) is 12.5. The minimum atomic E-state index is 0.444. The van der Waals surface area contributed by atoms with E-state index < -0.39 is 0 Å². The fourth-order valence-electron chi connectivity index (χ4n) is 2.00. The van der Waals surface area contributed by atoms with Gasteiger partial charge in [-0.25, -0.2) is 0 Å². The highest BCUT2D eigenvalue weighted by Crippen LogP contribution is 2.25. The van der Waals surface area contributed by atoms with E-state index in [-0.39, 0.29) is 0 Å². The van der Waals surface area contributed by atoms with Crippen LogP contribution in [0.3, 0.4) is 0 Å². The van der Waals surface area contributed by atoms with Crippen LogP contribution >= 0.6 is 11.6 Å². The molecule has 0 bridgehead atoms. The normalized spacial score (nSPS) is 10.2. The zero-order chi connectivity index (χ0) is 13.9. The van der Waals surface area contributed by atoms with Gasteiger partial charge in [-0.1, -0.05) is 17.7 Å². The lowest BCUT2D eigenvalue weighted by Crippen LogP contribution is -1.91. The summed E-state index contributed by atoms with van der Waals surface area (Å²) in [5.41, 5.74) is 3.22. The quantitative estimate of drug-likeness (QED) is 0.751. The number of pyridine rings is 1. The lowest BCUT2D eigenvalue weighted by molar-refractivity contribution is 1.41. The number of hydrogen-bond donors (Lipinski definition) is 1. The predicted octanol–water partition coefficient (Wildman–Crippen LogP) is 4.50. The van der Waals surface area contributed by atoms with E-state index in [0.29, 0.717) is 10.6 Å². The van der Waals surface area contributed by atoms with Crippen molar-refractivity contribution in [3.05, 3.63) is 65.3 Å².